The van der Waals surface area contributed by atoms with Gasteiger partial charge in [0.1, 0.15) is 12.4 Å². The van der Waals surface area contributed by atoms with Crippen LogP contribution in [0, 0.1) is 12.7 Å². The Balaban J connectivity index is 1.99. The summed E-state index contributed by atoms with van der Waals surface area (Å²) in [4.78, 5) is 26.3. The van der Waals surface area contributed by atoms with Gasteiger partial charge in [0.05, 0.1) is 6.42 Å². The predicted octanol–water partition coefficient (Wildman–Crippen LogP) is 3.55. The van der Waals surface area contributed by atoms with E-state index in [-0.39, 0.29) is 36.6 Å². The van der Waals surface area contributed by atoms with Crippen LogP contribution in [-0.4, -0.2) is 29.3 Å². The molecule has 2 aromatic carbocycles. The molecule has 0 fully saturated rings. The van der Waals surface area contributed by atoms with Gasteiger partial charge in [-0.15, -0.1) is 0 Å². The smallest absolute Gasteiger partial charge is 0.244 e. The van der Waals surface area contributed by atoms with Crippen LogP contribution in [0.1, 0.15) is 25.0 Å². The number of carbonyl (C=O) groups excluding carboxylic acids is 2. The average molecular weight is 342 g/mol. The third-order valence-corrected chi connectivity index (χ3v) is 3.86. The molecule has 0 saturated heterocycles. The van der Waals surface area contributed by atoms with Gasteiger partial charge in [-0.3, -0.25) is 9.59 Å². The van der Waals surface area contributed by atoms with Crippen molar-refractivity contribution in [3.8, 4) is 0 Å². The van der Waals surface area contributed by atoms with Crippen LogP contribution in [0.4, 0.5) is 10.1 Å². The maximum absolute atomic E-state index is 12.9. The highest BCUT2D eigenvalue weighted by Crippen LogP contribution is 2.11. The maximum Gasteiger partial charge on any atom is 0.244 e. The van der Waals surface area contributed by atoms with Crippen molar-refractivity contribution >= 4 is 17.5 Å². The number of anilines is 1. The van der Waals surface area contributed by atoms with Crippen molar-refractivity contribution in [2.24, 2.45) is 0 Å². The van der Waals surface area contributed by atoms with Gasteiger partial charge in [0.25, 0.3) is 0 Å². The summed E-state index contributed by atoms with van der Waals surface area (Å²) >= 11 is 0. The van der Waals surface area contributed by atoms with Crippen LogP contribution < -0.4 is 5.32 Å². The van der Waals surface area contributed by atoms with Gasteiger partial charge in [-0.05, 0) is 50.6 Å². The highest BCUT2D eigenvalue weighted by atomic mass is 19.1. The summed E-state index contributed by atoms with van der Waals surface area (Å²) in [5.74, 6) is -0.777. The van der Waals surface area contributed by atoms with Crippen LogP contribution in [-0.2, 0) is 16.0 Å². The third-order valence-electron chi connectivity index (χ3n) is 3.86. The second-order valence-electron chi connectivity index (χ2n) is 6.33. The largest absolute Gasteiger partial charge is 0.331 e. The van der Waals surface area contributed by atoms with Crippen molar-refractivity contribution < 1.29 is 14.0 Å². The summed E-state index contributed by atoms with van der Waals surface area (Å²) in [5, 5.41) is 2.68. The molecule has 0 saturated carbocycles. The topological polar surface area (TPSA) is 49.4 Å². The molecule has 0 spiro atoms. The van der Waals surface area contributed by atoms with Crippen LogP contribution in [0.25, 0.3) is 0 Å². The number of hydrogen-bond acceptors (Lipinski definition) is 2. The van der Waals surface area contributed by atoms with Gasteiger partial charge in [-0.1, -0.05) is 29.8 Å². The van der Waals surface area contributed by atoms with Crippen LogP contribution in [0.15, 0.2) is 48.5 Å². The van der Waals surface area contributed by atoms with E-state index in [1.54, 1.807) is 4.90 Å². The van der Waals surface area contributed by atoms with Crippen molar-refractivity contribution in [1.82, 2.24) is 4.90 Å². The molecule has 0 aromatic heterocycles. The summed E-state index contributed by atoms with van der Waals surface area (Å²) in [5.41, 5.74) is 2.55. The SMILES string of the molecule is Cc1ccc(CC(=O)N(CC(=O)Nc2ccc(F)cc2)C(C)C)cc1. The lowest BCUT2D eigenvalue weighted by atomic mass is 10.1. The molecule has 5 heteroatoms. The number of carbonyl (C=O) groups is 2. The first-order chi connectivity index (χ1) is 11.8. The molecule has 4 nitrogen and oxygen atoms in total. The molecule has 0 atom stereocenters. The lowest BCUT2D eigenvalue weighted by Crippen LogP contribution is -2.43. The molecular formula is C20H23FN2O2. The average Bonchev–Trinajstić information content (AvgIpc) is 2.56. The molecule has 0 radical (unpaired) electrons. The Kier molecular flexibility index (Phi) is 6.28. The number of benzene rings is 2. The van der Waals surface area contributed by atoms with E-state index in [4.69, 9.17) is 0 Å². The molecule has 0 aliphatic heterocycles. The standard InChI is InChI=1S/C20H23FN2O2/c1-14(2)23(20(25)12-16-6-4-15(3)5-7-16)13-19(24)22-18-10-8-17(21)9-11-18/h4-11,14H,12-13H2,1-3H3,(H,22,24). The van der Waals surface area contributed by atoms with Gasteiger partial charge >= 0.3 is 0 Å². The summed E-state index contributed by atoms with van der Waals surface area (Å²) in [6.45, 7) is 5.70. The van der Waals surface area contributed by atoms with Crippen LogP contribution >= 0.6 is 0 Å². The van der Waals surface area contributed by atoms with Gasteiger partial charge in [0.15, 0.2) is 0 Å². The summed E-state index contributed by atoms with van der Waals surface area (Å²) in [6, 6.07) is 13.2. The third kappa shape index (κ3) is 5.71. The Morgan fingerprint density at radius 2 is 1.64 bits per heavy atom. The summed E-state index contributed by atoms with van der Waals surface area (Å²) in [6.07, 6.45) is 0.252. The highest BCUT2D eigenvalue weighted by molar-refractivity contribution is 5.94. The molecule has 132 valence electrons. The number of halogens is 1. The Hall–Kier alpha value is -2.69. The number of hydrogen-bond donors (Lipinski definition) is 1. The van der Waals surface area contributed by atoms with Crippen molar-refractivity contribution in [2.75, 3.05) is 11.9 Å². The lowest BCUT2D eigenvalue weighted by Gasteiger charge is -2.26. The molecule has 2 amide bonds. The number of nitrogens with one attached hydrogen (secondary N) is 1. The molecule has 2 rings (SSSR count). The van der Waals surface area contributed by atoms with E-state index in [2.05, 4.69) is 5.32 Å². The van der Waals surface area contributed by atoms with E-state index in [1.807, 2.05) is 45.0 Å². The number of aryl methyl sites for hydroxylation is 1. The number of rotatable bonds is 6. The molecule has 2 aromatic rings. The maximum atomic E-state index is 12.9. The Labute approximate surface area is 147 Å². The predicted molar refractivity (Wildman–Crippen MR) is 96.8 cm³/mol. The van der Waals surface area contributed by atoms with Crippen LogP contribution in [0.3, 0.4) is 0 Å². The summed E-state index contributed by atoms with van der Waals surface area (Å²) in [7, 11) is 0. The first kappa shape index (κ1) is 18.6. The highest BCUT2D eigenvalue weighted by Gasteiger charge is 2.20. The number of nitrogens with zero attached hydrogens (tertiary/aromatic N) is 1. The zero-order chi connectivity index (χ0) is 18.4. The molecule has 0 heterocycles. The van der Waals surface area contributed by atoms with Gasteiger partial charge in [0, 0.05) is 11.7 Å². The van der Waals surface area contributed by atoms with Crippen LogP contribution in [0.2, 0.25) is 0 Å². The molecule has 1 N–H and O–H groups in total. The first-order valence-corrected chi connectivity index (χ1v) is 8.25. The summed E-state index contributed by atoms with van der Waals surface area (Å²) < 4.78 is 12.9. The molecular weight excluding hydrogens is 319 g/mol. The first-order valence-electron chi connectivity index (χ1n) is 8.25. The van der Waals surface area contributed by atoms with E-state index >= 15 is 0 Å². The van der Waals surface area contributed by atoms with Crippen molar-refractivity contribution in [3.63, 3.8) is 0 Å². The van der Waals surface area contributed by atoms with Crippen molar-refractivity contribution in [3.05, 3.63) is 65.5 Å². The van der Waals surface area contributed by atoms with Gasteiger partial charge < -0.3 is 10.2 Å². The van der Waals surface area contributed by atoms with E-state index < -0.39 is 0 Å². The van der Waals surface area contributed by atoms with E-state index in [0.717, 1.165) is 11.1 Å². The Morgan fingerprint density at radius 1 is 1.04 bits per heavy atom. The Morgan fingerprint density at radius 3 is 2.20 bits per heavy atom. The van der Waals surface area contributed by atoms with Gasteiger partial charge in [0.2, 0.25) is 11.8 Å². The molecule has 0 aliphatic carbocycles. The molecule has 0 bridgehead atoms. The second-order valence-corrected chi connectivity index (χ2v) is 6.33. The zero-order valence-electron chi connectivity index (χ0n) is 14.8. The monoisotopic (exact) mass is 342 g/mol. The molecule has 0 unspecified atom stereocenters. The van der Waals surface area contributed by atoms with E-state index in [9.17, 15) is 14.0 Å². The van der Waals surface area contributed by atoms with E-state index in [0.29, 0.717) is 5.69 Å². The van der Waals surface area contributed by atoms with Crippen LogP contribution in [0.5, 0.6) is 0 Å². The van der Waals surface area contributed by atoms with Gasteiger partial charge in [-0.25, -0.2) is 4.39 Å². The fourth-order valence-corrected chi connectivity index (χ4v) is 2.43. The van der Waals surface area contributed by atoms with E-state index in [1.165, 1.54) is 24.3 Å². The normalized spacial score (nSPS) is 10.6. The van der Waals surface area contributed by atoms with Crippen molar-refractivity contribution in [1.29, 1.82) is 0 Å². The second kappa shape index (κ2) is 8.42. The minimum absolute atomic E-state index is 0.0419. The molecule has 25 heavy (non-hydrogen) atoms. The van der Waals surface area contributed by atoms with Gasteiger partial charge in [-0.2, -0.15) is 0 Å². The Bertz CT molecular complexity index is 724. The molecule has 0 aliphatic rings. The fourth-order valence-electron chi connectivity index (χ4n) is 2.43. The minimum Gasteiger partial charge on any atom is -0.331 e. The minimum atomic E-state index is -0.366. The lowest BCUT2D eigenvalue weighted by molar-refractivity contribution is -0.135. The quantitative estimate of drug-likeness (QED) is 0.873. The van der Waals surface area contributed by atoms with Crippen molar-refractivity contribution in [2.45, 2.75) is 33.2 Å². The number of amides is 2. The zero-order valence-corrected chi connectivity index (χ0v) is 14.8. The fraction of sp³-hybridized carbons (Fsp3) is 0.300.